The Hall–Kier alpha value is -3.06. The minimum atomic E-state index is -3.74. The number of nitrogens with zero attached hydrogens (tertiary/aromatic N) is 6. The van der Waals surface area contributed by atoms with Crippen molar-refractivity contribution < 1.29 is 21.2 Å². The second-order valence-corrected chi connectivity index (χ2v) is 22.4. The lowest BCUT2D eigenvalue weighted by atomic mass is 10.1. The number of hydrogen-bond donors (Lipinski definition) is 0. The van der Waals surface area contributed by atoms with Crippen molar-refractivity contribution in [2.45, 2.75) is 37.5 Å². The minimum Gasteiger partial charge on any atom is -0.345 e. The number of rotatable bonds is 8. The van der Waals surface area contributed by atoms with E-state index in [9.17, 15) is 21.2 Å². The number of piperazine rings is 2. The first kappa shape index (κ1) is 46.9. The summed E-state index contributed by atoms with van der Waals surface area (Å²) >= 11 is 33.4. The molecule has 2 fully saturated rings. The van der Waals surface area contributed by atoms with Crippen molar-refractivity contribution in [1.29, 1.82) is 0 Å². The highest BCUT2D eigenvalue weighted by Gasteiger charge is 2.33. The van der Waals surface area contributed by atoms with Gasteiger partial charge >= 0.3 is 0 Å². The van der Waals surface area contributed by atoms with E-state index in [1.807, 2.05) is 10.3 Å². The molecule has 6 aromatic rings. The van der Waals surface area contributed by atoms with Gasteiger partial charge in [0.05, 0.1) is 26.5 Å². The van der Waals surface area contributed by atoms with Crippen molar-refractivity contribution in [3.8, 4) is 22.5 Å². The summed E-state index contributed by atoms with van der Waals surface area (Å²) in [4.78, 5) is 13.8. The second-order valence-electron chi connectivity index (χ2n) is 14.9. The fraction of sp³-hybridized carbons (Fsp3) is 0.286. The van der Waals surface area contributed by atoms with Gasteiger partial charge in [-0.25, -0.2) is 31.2 Å². The lowest BCUT2D eigenvalue weighted by Gasteiger charge is -2.34. The van der Waals surface area contributed by atoms with Crippen molar-refractivity contribution in [2.75, 3.05) is 62.2 Å². The number of anilines is 2. The summed E-state index contributed by atoms with van der Waals surface area (Å²) in [6.07, 6.45) is 0. The Kier molecular flexibility index (Phi) is 14.5. The largest absolute Gasteiger partial charge is 0.345 e. The third-order valence-electron chi connectivity index (χ3n) is 10.4. The van der Waals surface area contributed by atoms with Crippen LogP contribution >= 0.6 is 80.7 Å². The highest BCUT2D eigenvalue weighted by molar-refractivity contribution is 7.89. The molecule has 0 unspecified atom stereocenters. The SMILES string of the molecule is Cc1cc(C)cc(-c2csc(N3CCN(S(=O)(=O)c4cc(C)c(Cl)cc4Cl)CC3)n2)c1.Cc1cc(S(=O)(=O)N2CCN(c3nc(-c4ccc(F)c(Cl)c4)cs3)CC2)c(Cl)cc1Cl. The van der Waals surface area contributed by atoms with Crippen LogP contribution in [0.3, 0.4) is 0 Å². The van der Waals surface area contributed by atoms with Gasteiger partial charge < -0.3 is 9.80 Å². The standard InChI is InChI=1S/C22H23Cl2N3O2S2.C20H17Cl3FN3O2S2/c1-14-8-15(2)10-17(9-14)20-13-30-22(25-20)26-4-6-27(7-5-26)31(28,29)21-11-16(3)18(23)12-19(21)24;1-12-8-19(16(23)10-14(12)21)31(28,29)27-6-4-26(5-7-27)20-25-18(11-30-20)13-2-3-17(24)15(22)9-13/h8-13H,4-7H2,1-3H3;2-3,8-11H,4-7H2,1H3. The number of sulfonamides is 2. The van der Waals surface area contributed by atoms with Crippen LogP contribution in [0, 0.1) is 33.5 Å². The molecule has 0 radical (unpaired) electrons. The van der Waals surface area contributed by atoms with Gasteiger partial charge in [-0.1, -0.05) is 75.2 Å². The highest BCUT2D eigenvalue weighted by atomic mass is 35.5. The topological polar surface area (TPSA) is 107 Å². The molecule has 62 heavy (non-hydrogen) atoms. The fourth-order valence-electron chi connectivity index (χ4n) is 7.04. The monoisotopic (exact) mass is 1010 g/mol. The Bertz CT molecular complexity index is 2840. The Labute approximate surface area is 394 Å². The van der Waals surface area contributed by atoms with Crippen LogP contribution in [0.4, 0.5) is 14.7 Å². The maximum atomic E-state index is 13.4. The summed E-state index contributed by atoms with van der Waals surface area (Å²) in [6, 6.07) is 16.9. The summed E-state index contributed by atoms with van der Waals surface area (Å²) < 4.78 is 68.8. The quantitative estimate of drug-likeness (QED) is 0.148. The van der Waals surface area contributed by atoms with E-state index in [1.54, 1.807) is 37.3 Å². The van der Waals surface area contributed by atoms with Gasteiger partial charge in [0.2, 0.25) is 20.0 Å². The third kappa shape index (κ3) is 10.2. The van der Waals surface area contributed by atoms with E-state index < -0.39 is 25.9 Å². The van der Waals surface area contributed by atoms with Crippen molar-refractivity contribution in [3.05, 3.63) is 125 Å². The molecule has 2 aromatic heterocycles. The van der Waals surface area contributed by atoms with Gasteiger partial charge in [-0.05, 0) is 93.4 Å². The van der Waals surface area contributed by atoms with E-state index in [1.165, 1.54) is 61.4 Å². The summed E-state index contributed by atoms with van der Waals surface area (Å²) in [5.74, 6) is -0.478. The number of aryl methyl sites for hydroxylation is 4. The van der Waals surface area contributed by atoms with Crippen LogP contribution in [-0.2, 0) is 20.0 Å². The third-order valence-corrected chi connectivity index (χ3v) is 18.0. The van der Waals surface area contributed by atoms with E-state index in [0.717, 1.165) is 27.1 Å². The zero-order valence-corrected chi connectivity index (χ0v) is 40.8. The first-order chi connectivity index (χ1) is 29.3. The van der Waals surface area contributed by atoms with Crippen LogP contribution < -0.4 is 9.80 Å². The zero-order valence-electron chi connectivity index (χ0n) is 33.8. The maximum Gasteiger partial charge on any atom is 0.244 e. The molecule has 20 heteroatoms. The van der Waals surface area contributed by atoms with E-state index >= 15 is 0 Å². The first-order valence-electron chi connectivity index (χ1n) is 19.2. The van der Waals surface area contributed by atoms with Gasteiger partial charge in [0.15, 0.2) is 10.3 Å². The van der Waals surface area contributed by atoms with E-state index in [4.69, 9.17) is 63.0 Å². The molecule has 0 saturated carbocycles. The Morgan fingerprint density at radius 3 is 1.35 bits per heavy atom. The van der Waals surface area contributed by atoms with Crippen LogP contribution in [0.2, 0.25) is 25.1 Å². The molecule has 8 rings (SSSR count). The molecule has 0 N–H and O–H groups in total. The molecule has 0 bridgehead atoms. The Morgan fingerprint density at radius 2 is 0.935 bits per heavy atom. The van der Waals surface area contributed by atoms with Gasteiger partial charge in [-0.2, -0.15) is 8.61 Å². The molecular formula is C42H40Cl5FN6O4S4. The van der Waals surface area contributed by atoms with Crippen molar-refractivity contribution in [1.82, 2.24) is 18.6 Å². The van der Waals surface area contributed by atoms with Crippen molar-refractivity contribution in [2.24, 2.45) is 0 Å². The van der Waals surface area contributed by atoms with E-state index in [0.29, 0.717) is 79.2 Å². The molecule has 2 aliphatic heterocycles. The second kappa shape index (κ2) is 19.2. The average molecular weight is 1020 g/mol. The fourth-order valence-corrected chi connectivity index (χ4v) is 13.5. The molecule has 328 valence electrons. The van der Waals surface area contributed by atoms with Crippen LogP contribution in [0.5, 0.6) is 0 Å². The maximum absolute atomic E-state index is 13.4. The van der Waals surface area contributed by atoms with E-state index in [-0.39, 0.29) is 24.9 Å². The molecule has 0 spiro atoms. The molecule has 4 aromatic carbocycles. The lowest BCUT2D eigenvalue weighted by molar-refractivity contribution is 0.384. The van der Waals surface area contributed by atoms with Crippen LogP contribution in [0.25, 0.3) is 22.5 Å². The van der Waals surface area contributed by atoms with Crippen LogP contribution in [0.15, 0.2) is 81.2 Å². The van der Waals surface area contributed by atoms with E-state index in [2.05, 4.69) is 47.3 Å². The van der Waals surface area contributed by atoms with Crippen LogP contribution in [0.1, 0.15) is 22.3 Å². The smallest absolute Gasteiger partial charge is 0.244 e. The van der Waals surface area contributed by atoms with Gasteiger partial charge in [0, 0.05) is 84.3 Å². The minimum absolute atomic E-state index is 0.0435. The summed E-state index contributed by atoms with van der Waals surface area (Å²) in [5.41, 5.74) is 7.23. The Balaban J connectivity index is 0.000000186. The number of aromatic nitrogens is 2. The first-order valence-corrected chi connectivity index (χ1v) is 25.7. The molecule has 0 atom stereocenters. The van der Waals surface area contributed by atoms with Crippen LogP contribution in [-0.4, -0.2) is 87.8 Å². The molecule has 4 heterocycles. The van der Waals surface area contributed by atoms with Gasteiger partial charge in [-0.3, -0.25) is 0 Å². The molecule has 0 aliphatic carbocycles. The zero-order chi connectivity index (χ0) is 44.7. The molecule has 10 nitrogen and oxygen atoms in total. The van der Waals surface area contributed by atoms with Crippen molar-refractivity contribution >= 4 is 111 Å². The summed E-state index contributed by atoms with van der Waals surface area (Å²) in [7, 11) is -7.42. The Morgan fingerprint density at radius 1 is 0.516 bits per heavy atom. The molecule has 0 amide bonds. The molecule has 2 aliphatic rings. The number of benzene rings is 4. The van der Waals surface area contributed by atoms with Crippen molar-refractivity contribution in [3.63, 3.8) is 0 Å². The molecule has 2 saturated heterocycles. The predicted octanol–water partition coefficient (Wildman–Crippen LogP) is 11.3. The van der Waals surface area contributed by atoms with Gasteiger partial charge in [0.25, 0.3) is 0 Å². The highest BCUT2D eigenvalue weighted by Crippen LogP contribution is 2.35. The average Bonchev–Trinajstić information content (AvgIpc) is 3.93. The number of thiazole rings is 2. The predicted molar refractivity (Wildman–Crippen MR) is 254 cm³/mol. The normalized spacial score (nSPS) is 15.5. The van der Waals surface area contributed by atoms with Gasteiger partial charge in [-0.15, -0.1) is 22.7 Å². The van der Waals surface area contributed by atoms with Gasteiger partial charge in [0.1, 0.15) is 15.6 Å². The number of halogens is 6. The molecular weight excluding hydrogens is 977 g/mol. The lowest BCUT2D eigenvalue weighted by Crippen LogP contribution is -2.48. The summed E-state index contributed by atoms with van der Waals surface area (Å²) in [6.45, 7) is 11.1. The number of hydrogen-bond acceptors (Lipinski definition) is 10. The summed E-state index contributed by atoms with van der Waals surface area (Å²) in [5, 5.41) is 6.80.